The average molecular weight is 298 g/mol. The van der Waals surface area contributed by atoms with Gasteiger partial charge < -0.3 is 10.5 Å². The van der Waals surface area contributed by atoms with E-state index in [2.05, 4.69) is 4.74 Å². The minimum absolute atomic E-state index is 0.0101. The third-order valence-corrected chi connectivity index (χ3v) is 2.81. The van der Waals surface area contributed by atoms with Crippen molar-refractivity contribution in [2.24, 2.45) is 5.73 Å². The highest BCUT2D eigenvalue weighted by atomic mass is 35.5. The van der Waals surface area contributed by atoms with Gasteiger partial charge >= 0.3 is 11.9 Å². The minimum Gasteiger partial charge on any atom is -0.462 e. The molecule has 0 fully saturated rings. The molecule has 1 aromatic rings. The summed E-state index contributed by atoms with van der Waals surface area (Å²) in [5.41, 5.74) is 5.27. The van der Waals surface area contributed by atoms with Crippen molar-refractivity contribution >= 4 is 29.2 Å². The van der Waals surface area contributed by atoms with Crippen molar-refractivity contribution < 1.29 is 18.3 Å². The molecule has 1 atom stereocenters. The molecule has 0 aliphatic carbocycles. The summed E-state index contributed by atoms with van der Waals surface area (Å²) in [6, 6.07) is 2.05. The maximum atomic E-state index is 13.7. The Morgan fingerprint density at radius 3 is 2.67 bits per heavy atom. The second-order valence-corrected chi connectivity index (χ2v) is 4.33. The molecule has 0 bridgehead atoms. The van der Waals surface area contributed by atoms with E-state index in [4.69, 9.17) is 28.9 Å². The third-order valence-electron chi connectivity index (χ3n) is 2.23. The van der Waals surface area contributed by atoms with E-state index in [9.17, 15) is 13.6 Å². The zero-order chi connectivity index (χ0) is 13.9. The van der Waals surface area contributed by atoms with Gasteiger partial charge in [-0.05, 0) is 30.7 Å². The van der Waals surface area contributed by atoms with E-state index < -0.39 is 17.9 Å². The zero-order valence-electron chi connectivity index (χ0n) is 9.42. The normalized spacial score (nSPS) is 13.2. The first-order valence-electron chi connectivity index (χ1n) is 5.06. The fourth-order valence-electron chi connectivity index (χ4n) is 1.30. The first-order chi connectivity index (χ1) is 8.30. The third kappa shape index (κ3) is 3.10. The molecule has 0 aromatic heterocycles. The number of hydrogen-bond donors (Lipinski definition) is 1. The number of carbonyl (C=O) groups excluding carboxylic acids is 1. The molecule has 2 N–H and O–H groups in total. The lowest BCUT2D eigenvalue weighted by atomic mass is 10.0. The lowest BCUT2D eigenvalue weighted by molar-refractivity contribution is -0.174. The van der Waals surface area contributed by atoms with Gasteiger partial charge in [0.2, 0.25) is 0 Å². The lowest BCUT2D eigenvalue weighted by Gasteiger charge is -2.22. The quantitative estimate of drug-likeness (QED) is 0.868. The van der Waals surface area contributed by atoms with E-state index >= 15 is 0 Å². The Morgan fingerprint density at radius 2 is 2.11 bits per heavy atom. The minimum atomic E-state index is -3.87. The van der Waals surface area contributed by atoms with E-state index in [1.165, 1.54) is 25.1 Å². The Balaban J connectivity index is 3.08. The fourth-order valence-corrected chi connectivity index (χ4v) is 1.72. The van der Waals surface area contributed by atoms with E-state index in [0.29, 0.717) is 0 Å². The Hall–Kier alpha value is -0.910. The second kappa shape index (κ2) is 5.82. The summed E-state index contributed by atoms with van der Waals surface area (Å²) in [5.74, 6) is -5.56. The molecule has 7 heteroatoms. The molecular weight excluding hydrogens is 287 g/mol. The van der Waals surface area contributed by atoms with Gasteiger partial charge in [-0.3, -0.25) is 0 Å². The van der Waals surface area contributed by atoms with Crippen LogP contribution in [0.4, 0.5) is 8.78 Å². The summed E-state index contributed by atoms with van der Waals surface area (Å²) < 4.78 is 31.7. The van der Waals surface area contributed by atoms with Crippen molar-refractivity contribution in [3.8, 4) is 0 Å². The number of hydrogen-bond acceptors (Lipinski definition) is 3. The molecule has 3 nitrogen and oxygen atoms in total. The number of esters is 1. The van der Waals surface area contributed by atoms with Crippen molar-refractivity contribution in [1.82, 2.24) is 0 Å². The van der Waals surface area contributed by atoms with Crippen molar-refractivity contribution in [2.75, 3.05) is 6.61 Å². The van der Waals surface area contributed by atoms with Crippen LogP contribution in [0.5, 0.6) is 0 Å². The highest BCUT2D eigenvalue weighted by Gasteiger charge is 2.48. The van der Waals surface area contributed by atoms with Gasteiger partial charge in [0.1, 0.15) is 6.04 Å². The Labute approximate surface area is 113 Å². The molecule has 0 amide bonds. The molecule has 0 aliphatic heterocycles. The number of halogens is 4. The van der Waals surface area contributed by atoms with Crippen molar-refractivity contribution in [1.29, 1.82) is 0 Å². The van der Waals surface area contributed by atoms with Crippen LogP contribution in [-0.2, 0) is 9.53 Å². The average Bonchev–Trinajstić information content (AvgIpc) is 2.31. The summed E-state index contributed by atoms with van der Waals surface area (Å²) in [6.07, 6.45) is 0. The van der Waals surface area contributed by atoms with Crippen molar-refractivity contribution in [3.63, 3.8) is 0 Å². The molecule has 100 valence electrons. The van der Waals surface area contributed by atoms with Gasteiger partial charge in [0.15, 0.2) is 0 Å². The van der Waals surface area contributed by atoms with Crippen molar-refractivity contribution in [2.45, 2.75) is 18.9 Å². The molecule has 1 rings (SSSR count). The standard InChI is InChI=1S/C11H11Cl2F2NO2/c1-2-18-10(17)11(14,15)9(16)7-5-6(12)3-4-8(7)13/h3-5,9H,2,16H2,1H3/t9-/m1/s1. The van der Waals surface area contributed by atoms with Gasteiger partial charge in [-0.15, -0.1) is 0 Å². The van der Waals surface area contributed by atoms with Crippen LogP contribution >= 0.6 is 23.2 Å². The van der Waals surface area contributed by atoms with Crippen LogP contribution < -0.4 is 5.73 Å². The molecule has 18 heavy (non-hydrogen) atoms. The maximum Gasteiger partial charge on any atom is 0.379 e. The smallest absolute Gasteiger partial charge is 0.379 e. The first kappa shape index (κ1) is 15.1. The molecule has 0 aliphatic rings. The Kier molecular flexibility index (Phi) is 4.90. The summed E-state index contributed by atoms with van der Waals surface area (Å²) in [7, 11) is 0. The fraction of sp³-hybridized carbons (Fsp3) is 0.364. The predicted octanol–water partition coefficient (Wildman–Crippen LogP) is 3.19. The molecule has 0 unspecified atom stereocenters. The number of ether oxygens (including phenoxy) is 1. The van der Waals surface area contributed by atoms with Gasteiger partial charge in [0.25, 0.3) is 0 Å². The molecule has 0 heterocycles. The number of carbonyl (C=O) groups is 1. The van der Waals surface area contributed by atoms with E-state index in [1.54, 1.807) is 0 Å². The topological polar surface area (TPSA) is 52.3 Å². The Morgan fingerprint density at radius 1 is 1.50 bits per heavy atom. The first-order valence-corrected chi connectivity index (χ1v) is 5.81. The summed E-state index contributed by atoms with van der Waals surface area (Å²) in [6.45, 7) is 1.26. The summed E-state index contributed by atoms with van der Waals surface area (Å²) >= 11 is 11.4. The van der Waals surface area contributed by atoms with E-state index in [0.717, 1.165) is 0 Å². The molecule has 0 saturated carbocycles. The molecule has 1 aromatic carbocycles. The largest absolute Gasteiger partial charge is 0.462 e. The number of benzene rings is 1. The molecule has 0 radical (unpaired) electrons. The van der Waals surface area contributed by atoms with Crippen LogP contribution in [0.2, 0.25) is 10.0 Å². The highest BCUT2D eigenvalue weighted by molar-refractivity contribution is 6.33. The van der Waals surface area contributed by atoms with Gasteiger partial charge in [-0.2, -0.15) is 8.78 Å². The van der Waals surface area contributed by atoms with Crippen LogP contribution in [-0.4, -0.2) is 18.5 Å². The summed E-state index contributed by atoms with van der Waals surface area (Å²) in [4.78, 5) is 11.1. The van der Waals surface area contributed by atoms with Gasteiger partial charge in [-0.25, -0.2) is 4.79 Å². The Bertz CT molecular complexity index is 455. The van der Waals surface area contributed by atoms with Gasteiger partial charge in [-0.1, -0.05) is 23.2 Å². The van der Waals surface area contributed by atoms with Crippen molar-refractivity contribution in [3.05, 3.63) is 33.8 Å². The van der Waals surface area contributed by atoms with Crippen LogP contribution in [0.3, 0.4) is 0 Å². The second-order valence-electron chi connectivity index (χ2n) is 3.49. The number of nitrogens with two attached hydrogens (primary N) is 1. The maximum absolute atomic E-state index is 13.7. The molecule has 0 saturated heterocycles. The molecule has 0 spiro atoms. The van der Waals surface area contributed by atoms with E-state index in [-0.39, 0.29) is 22.2 Å². The summed E-state index contributed by atoms with van der Waals surface area (Å²) in [5, 5.41) is 0.209. The zero-order valence-corrected chi connectivity index (χ0v) is 10.9. The number of alkyl halides is 2. The van der Waals surface area contributed by atoms with E-state index in [1.807, 2.05) is 0 Å². The number of rotatable bonds is 4. The highest BCUT2D eigenvalue weighted by Crippen LogP contribution is 2.35. The SMILES string of the molecule is CCOC(=O)C(F)(F)[C@H](N)c1cc(Cl)ccc1Cl. The van der Waals surface area contributed by atoms with Gasteiger partial charge in [0.05, 0.1) is 6.61 Å². The predicted molar refractivity (Wildman–Crippen MR) is 65.0 cm³/mol. The van der Waals surface area contributed by atoms with Crippen LogP contribution in [0.1, 0.15) is 18.5 Å². The van der Waals surface area contributed by atoms with Crippen LogP contribution in [0.15, 0.2) is 18.2 Å². The van der Waals surface area contributed by atoms with Crippen LogP contribution in [0, 0.1) is 0 Å². The lowest BCUT2D eigenvalue weighted by Crippen LogP contribution is -2.41. The molecular formula is C11H11Cl2F2NO2. The van der Waals surface area contributed by atoms with Gasteiger partial charge in [0, 0.05) is 10.0 Å². The monoisotopic (exact) mass is 297 g/mol. The van der Waals surface area contributed by atoms with Crippen LogP contribution in [0.25, 0.3) is 0 Å².